The molecular formula is C25H25ClF5N5O5. The normalized spacial score (nSPS) is 13.2. The van der Waals surface area contributed by atoms with Crippen LogP contribution in [0.15, 0.2) is 53.3 Å². The van der Waals surface area contributed by atoms with Gasteiger partial charge in [0.1, 0.15) is 18.7 Å². The summed E-state index contributed by atoms with van der Waals surface area (Å²) >= 11 is 5.88. The number of halogens is 6. The van der Waals surface area contributed by atoms with E-state index >= 15 is 0 Å². The van der Waals surface area contributed by atoms with E-state index in [1.807, 2.05) is 0 Å². The lowest BCUT2D eigenvalue weighted by atomic mass is 10.0. The lowest BCUT2D eigenvalue weighted by molar-refractivity contribution is -0.137. The van der Waals surface area contributed by atoms with Crippen molar-refractivity contribution in [3.05, 3.63) is 75.2 Å². The number of nitrogens with zero attached hydrogens (tertiary/aromatic N) is 3. The number of carbonyl (C=O) groups is 2. The predicted molar refractivity (Wildman–Crippen MR) is 136 cm³/mol. The van der Waals surface area contributed by atoms with E-state index in [9.17, 15) is 41.4 Å². The maximum Gasteiger partial charge on any atom is 0.416 e. The van der Waals surface area contributed by atoms with Crippen LogP contribution in [0.2, 0.25) is 5.02 Å². The van der Waals surface area contributed by atoms with E-state index in [-0.39, 0.29) is 36.5 Å². The first-order valence-electron chi connectivity index (χ1n) is 12.1. The highest BCUT2D eigenvalue weighted by atomic mass is 35.5. The fourth-order valence-corrected chi connectivity index (χ4v) is 3.84. The van der Waals surface area contributed by atoms with Gasteiger partial charge in [0, 0.05) is 23.7 Å². The van der Waals surface area contributed by atoms with Crippen LogP contribution in [0.25, 0.3) is 11.4 Å². The van der Waals surface area contributed by atoms with Gasteiger partial charge < -0.3 is 20.8 Å². The lowest BCUT2D eigenvalue weighted by Gasteiger charge is -2.20. The lowest BCUT2D eigenvalue weighted by Crippen LogP contribution is -2.43. The molecule has 0 radical (unpaired) electrons. The van der Waals surface area contributed by atoms with E-state index in [0.717, 1.165) is 16.7 Å². The molecule has 222 valence electrons. The van der Waals surface area contributed by atoms with Gasteiger partial charge >= 0.3 is 11.9 Å². The van der Waals surface area contributed by atoms with E-state index in [1.54, 1.807) is 0 Å². The number of nitrogens with one attached hydrogen (secondary N) is 2. The van der Waals surface area contributed by atoms with Gasteiger partial charge in [0.25, 0.3) is 6.43 Å². The number of amides is 2. The smallest absolute Gasteiger partial charge is 0.396 e. The van der Waals surface area contributed by atoms with Gasteiger partial charge in [-0.05, 0) is 48.4 Å². The van der Waals surface area contributed by atoms with Gasteiger partial charge in [-0.25, -0.2) is 18.3 Å². The maximum atomic E-state index is 13.3. The Morgan fingerprint density at radius 1 is 1.10 bits per heavy atom. The minimum atomic E-state index is -4.74. The summed E-state index contributed by atoms with van der Waals surface area (Å²) in [5.74, 6) is -2.07. The third kappa shape index (κ3) is 8.34. The molecule has 0 saturated heterocycles. The topological polar surface area (TPSA) is 138 Å². The molecule has 41 heavy (non-hydrogen) atoms. The quantitative estimate of drug-likeness (QED) is 0.185. The summed E-state index contributed by atoms with van der Waals surface area (Å²) in [5.41, 5.74) is -2.09. The molecule has 3 rings (SSSR count). The third-order valence-electron chi connectivity index (χ3n) is 5.73. The molecule has 2 aromatic carbocycles. The van der Waals surface area contributed by atoms with Crippen LogP contribution >= 0.6 is 11.6 Å². The summed E-state index contributed by atoms with van der Waals surface area (Å²) in [5, 5.41) is 27.7. The van der Waals surface area contributed by atoms with Crippen LogP contribution in [-0.2, 0) is 28.9 Å². The Morgan fingerprint density at radius 2 is 1.78 bits per heavy atom. The minimum absolute atomic E-state index is 0.0402. The molecule has 2 unspecified atom stereocenters. The van der Waals surface area contributed by atoms with E-state index in [1.165, 1.54) is 30.3 Å². The SMILES string of the molecule is O=C(Cn1nc(-c2ccc(Cl)cc2)n(CC(O)C(F)F)c1=O)NC(C(=O)NCCCO)c1cccc(C(F)(F)F)c1. The fourth-order valence-electron chi connectivity index (χ4n) is 3.72. The number of alkyl halides is 5. The first kappa shape index (κ1) is 31.7. The first-order valence-corrected chi connectivity index (χ1v) is 12.4. The summed E-state index contributed by atoms with van der Waals surface area (Å²) in [4.78, 5) is 38.8. The highest BCUT2D eigenvalue weighted by molar-refractivity contribution is 6.30. The molecule has 10 nitrogen and oxygen atoms in total. The predicted octanol–water partition coefficient (Wildman–Crippen LogP) is 2.37. The summed E-state index contributed by atoms with van der Waals surface area (Å²) < 4.78 is 67.3. The highest BCUT2D eigenvalue weighted by Crippen LogP contribution is 2.31. The van der Waals surface area contributed by atoms with Crippen LogP contribution in [0.4, 0.5) is 22.0 Å². The summed E-state index contributed by atoms with van der Waals surface area (Å²) in [6.07, 6.45) is -10.0. The molecule has 3 aromatic rings. The highest BCUT2D eigenvalue weighted by Gasteiger charge is 2.32. The van der Waals surface area contributed by atoms with E-state index in [4.69, 9.17) is 16.7 Å². The van der Waals surface area contributed by atoms with Crippen LogP contribution in [0, 0.1) is 0 Å². The Hall–Kier alpha value is -3.82. The molecule has 2 atom stereocenters. The van der Waals surface area contributed by atoms with Crippen molar-refractivity contribution in [1.29, 1.82) is 0 Å². The molecule has 16 heteroatoms. The second kappa shape index (κ2) is 13.7. The molecule has 0 aliphatic carbocycles. The zero-order valence-corrected chi connectivity index (χ0v) is 21.9. The molecule has 0 saturated carbocycles. The average Bonchev–Trinajstić information content (AvgIpc) is 3.21. The van der Waals surface area contributed by atoms with Crippen LogP contribution in [0.1, 0.15) is 23.6 Å². The van der Waals surface area contributed by atoms with Crippen LogP contribution < -0.4 is 16.3 Å². The molecule has 1 heterocycles. The average molecular weight is 606 g/mol. The van der Waals surface area contributed by atoms with Crippen molar-refractivity contribution >= 4 is 23.4 Å². The number of aliphatic hydroxyl groups excluding tert-OH is 2. The third-order valence-corrected chi connectivity index (χ3v) is 5.98. The van der Waals surface area contributed by atoms with E-state index in [2.05, 4.69) is 15.7 Å². The van der Waals surface area contributed by atoms with Gasteiger partial charge in [0.05, 0.1) is 12.1 Å². The zero-order chi connectivity index (χ0) is 30.3. The Bertz CT molecular complexity index is 1410. The molecule has 0 aliphatic rings. The van der Waals surface area contributed by atoms with Gasteiger partial charge in [-0.1, -0.05) is 23.7 Å². The van der Waals surface area contributed by atoms with Crippen molar-refractivity contribution in [3.63, 3.8) is 0 Å². The van der Waals surface area contributed by atoms with Gasteiger partial charge in [-0.15, -0.1) is 5.10 Å². The first-order chi connectivity index (χ1) is 19.3. The number of aromatic nitrogens is 3. The van der Waals surface area contributed by atoms with Gasteiger partial charge in [0.2, 0.25) is 11.8 Å². The summed E-state index contributed by atoms with van der Waals surface area (Å²) in [6.45, 7) is -2.03. The molecule has 0 aliphatic heterocycles. The minimum Gasteiger partial charge on any atom is -0.396 e. The molecule has 1 aromatic heterocycles. The Kier molecular flexibility index (Phi) is 10.6. The molecule has 4 N–H and O–H groups in total. The van der Waals surface area contributed by atoms with Crippen molar-refractivity contribution in [2.24, 2.45) is 0 Å². The zero-order valence-electron chi connectivity index (χ0n) is 21.1. The van der Waals surface area contributed by atoms with Gasteiger partial charge in [0.15, 0.2) is 5.82 Å². The summed E-state index contributed by atoms with van der Waals surface area (Å²) in [6, 6.07) is 7.82. The van der Waals surface area contributed by atoms with Crippen molar-refractivity contribution < 1.29 is 41.8 Å². The second-order valence-electron chi connectivity index (χ2n) is 8.78. The van der Waals surface area contributed by atoms with Crippen LogP contribution in [0.5, 0.6) is 0 Å². The largest absolute Gasteiger partial charge is 0.416 e. The monoisotopic (exact) mass is 605 g/mol. The van der Waals surface area contributed by atoms with Crippen molar-refractivity contribution in [2.45, 2.75) is 44.3 Å². The molecule has 0 spiro atoms. The van der Waals surface area contributed by atoms with Gasteiger partial charge in [-0.3, -0.25) is 14.2 Å². The van der Waals surface area contributed by atoms with E-state index in [0.29, 0.717) is 15.8 Å². The Labute approximate surface area is 234 Å². The van der Waals surface area contributed by atoms with Crippen molar-refractivity contribution in [2.75, 3.05) is 13.2 Å². The van der Waals surface area contributed by atoms with Crippen molar-refractivity contribution in [3.8, 4) is 11.4 Å². The Balaban J connectivity index is 1.93. The number of carbonyl (C=O) groups excluding carboxylic acids is 2. The molecule has 0 bridgehead atoms. The molecular weight excluding hydrogens is 581 g/mol. The standard InChI is InChI=1S/C25H25ClF5N5O5/c26-17-7-5-14(6-8-17)22-34-36(24(41)35(22)12-18(38)21(27)28)13-19(39)33-20(23(40)32-9-2-10-37)15-3-1-4-16(11-15)25(29,30)31/h1,3-8,11,18,20-21,37-38H,2,9-10,12-13H2,(H,32,40)(H,33,39). The number of benzene rings is 2. The number of hydrogen-bond acceptors (Lipinski definition) is 6. The number of rotatable bonds is 12. The number of hydrogen-bond donors (Lipinski definition) is 4. The van der Waals surface area contributed by atoms with Crippen LogP contribution in [-0.4, -0.2) is 62.1 Å². The Morgan fingerprint density at radius 3 is 2.39 bits per heavy atom. The second-order valence-corrected chi connectivity index (χ2v) is 9.21. The fraction of sp³-hybridized carbons (Fsp3) is 0.360. The summed E-state index contributed by atoms with van der Waals surface area (Å²) in [7, 11) is 0. The van der Waals surface area contributed by atoms with Gasteiger partial charge in [-0.2, -0.15) is 13.2 Å². The number of aliphatic hydroxyl groups is 2. The maximum absolute atomic E-state index is 13.3. The van der Waals surface area contributed by atoms with Crippen LogP contribution in [0.3, 0.4) is 0 Å². The van der Waals surface area contributed by atoms with E-state index < -0.39 is 60.9 Å². The van der Waals surface area contributed by atoms with Crippen molar-refractivity contribution in [1.82, 2.24) is 25.0 Å². The molecule has 2 amide bonds. The molecule has 0 fully saturated rings.